The van der Waals surface area contributed by atoms with E-state index < -0.39 is 0 Å². The summed E-state index contributed by atoms with van der Waals surface area (Å²) in [5.74, 6) is 0. The fraction of sp³-hybridized carbons (Fsp3) is 0.667. The number of ether oxygens (including phenoxy) is 1. The van der Waals surface area contributed by atoms with Crippen molar-refractivity contribution >= 4 is 0 Å². The van der Waals surface area contributed by atoms with Crippen LogP contribution in [0.1, 0.15) is 38.2 Å². The standard InChI is InChI=1S/C18H28N2O/c1-15(18-10-6-12-21-18)19-17-9-5-11-20(14-17)13-16-7-3-2-4-8-16/h2-4,7-8,15,17-19H,5-6,9-14H2,1H3. The molecule has 3 atom stereocenters. The molecule has 0 aliphatic carbocycles. The number of rotatable bonds is 5. The Kier molecular flexibility index (Phi) is 5.28. The van der Waals surface area contributed by atoms with Crippen molar-refractivity contribution in [3.05, 3.63) is 35.9 Å². The van der Waals surface area contributed by atoms with E-state index in [2.05, 4.69) is 47.5 Å². The van der Waals surface area contributed by atoms with E-state index in [1.54, 1.807) is 0 Å². The molecule has 3 heteroatoms. The third-order valence-electron chi connectivity index (χ3n) is 4.78. The van der Waals surface area contributed by atoms with Gasteiger partial charge in [0.1, 0.15) is 0 Å². The van der Waals surface area contributed by atoms with Gasteiger partial charge in [-0.2, -0.15) is 0 Å². The van der Waals surface area contributed by atoms with Gasteiger partial charge >= 0.3 is 0 Å². The van der Waals surface area contributed by atoms with Gasteiger partial charge in [-0.25, -0.2) is 0 Å². The summed E-state index contributed by atoms with van der Waals surface area (Å²) in [6.07, 6.45) is 5.45. The lowest BCUT2D eigenvalue weighted by Gasteiger charge is -2.35. The molecule has 0 amide bonds. The normalized spacial score (nSPS) is 28.6. The molecule has 0 radical (unpaired) electrons. The van der Waals surface area contributed by atoms with Crippen LogP contribution in [0.15, 0.2) is 30.3 Å². The lowest BCUT2D eigenvalue weighted by molar-refractivity contribution is 0.0721. The summed E-state index contributed by atoms with van der Waals surface area (Å²) in [6.45, 7) is 6.69. The lowest BCUT2D eigenvalue weighted by Crippen LogP contribution is -2.51. The van der Waals surface area contributed by atoms with E-state index in [9.17, 15) is 0 Å². The zero-order valence-corrected chi connectivity index (χ0v) is 13.1. The molecule has 0 bridgehead atoms. The van der Waals surface area contributed by atoms with Crippen molar-refractivity contribution in [3.63, 3.8) is 0 Å². The highest BCUT2D eigenvalue weighted by Gasteiger charge is 2.26. The first-order valence-electron chi connectivity index (χ1n) is 8.45. The Balaban J connectivity index is 1.48. The highest BCUT2D eigenvalue weighted by molar-refractivity contribution is 5.14. The third kappa shape index (κ3) is 4.29. The molecular formula is C18H28N2O. The van der Waals surface area contributed by atoms with E-state index in [0.717, 1.165) is 19.7 Å². The maximum Gasteiger partial charge on any atom is 0.0726 e. The number of likely N-dealkylation sites (tertiary alicyclic amines) is 1. The van der Waals surface area contributed by atoms with Crippen molar-refractivity contribution in [1.29, 1.82) is 0 Å². The van der Waals surface area contributed by atoms with Crippen LogP contribution in [-0.4, -0.2) is 42.8 Å². The predicted molar refractivity (Wildman–Crippen MR) is 86.3 cm³/mol. The van der Waals surface area contributed by atoms with Gasteiger partial charge in [0.15, 0.2) is 0 Å². The van der Waals surface area contributed by atoms with Crippen LogP contribution in [0.25, 0.3) is 0 Å². The van der Waals surface area contributed by atoms with Crippen LogP contribution < -0.4 is 5.32 Å². The Bertz CT molecular complexity index is 416. The van der Waals surface area contributed by atoms with Crippen molar-refractivity contribution in [2.75, 3.05) is 19.7 Å². The molecule has 1 N–H and O–H groups in total. The Hall–Kier alpha value is -0.900. The molecule has 2 aliphatic heterocycles. The first kappa shape index (κ1) is 15.0. The molecule has 21 heavy (non-hydrogen) atoms. The van der Waals surface area contributed by atoms with Crippen molar-refractivity contribution in [2.45, 2.75) is 57.3 Å². The minimum Gasteiger partial charge on any atom is -0.377 e. The second kappa shape index (κ2) is 7.39. The molecule has 2 fully saturated rings. The van der Waals surface area contributed by atoms with Gasteiger partial charge in [-0.05, 0) is 44.7 Å². The fourth-order valence-electron chi connectivity index (χ4n) is 3.65. The van der Waals surface area contributed by atoms with Gasteiger partial charge < -0.3 is 10.1 Å². The van der Waals surface area contributed by atoms with E-state index in [-0.39, 0.29) is 0 Å². The minimum absolute atomic E-state index is 0.425. The summed E-state index contributed by atoms with van der Waals surface area (Å²) in [4.78, 5) is 2.58. The van der Waals surface area contributed by atoms with Crippen LogP contribution in [0.3, 0.4) is 0 Å². The second-order valence-corrected chi connectivity index (χ2v) is 6.57. The Labute approximate surface area is 128 Å². The zero-order valence-electron chi connectivity index (χ0n) is 13.1. The quantitative estimate of drug-likeness (QED) is 0.901. The smallest absolute Gasteiger partial charge is 0.0726 e. The lowest BCUT2D eigenvalue weighted by atomic mass is 10.0. The number of nitrogens with one attached hydrogen (secondary N) is 1. The number of hydrogen-bond donors (Lipinski definition) is 1. The zero-order chi connectivity index (χ0) is 14.5. The van der Waals surface area contributed by atoms with Crippen LogP contribution in [0.4, 0.5) is 0 Å². The van der Waals surface area contributed by atoms with Gasteiger partial charge in [0.05, 0.1) is 6.10 Å². The molecule has 116 valence electrons. The van der Waals surface area contributed by atoms with Crippen molar-refractivity contribution < 1.29 is 4.74 Å². The first-order chi connectivity index (χ1) is 10.3. The Morgan fingerprint density at radius 1 is 1.24 bits per heavy atom. The molecule has 0 saturated carbocycles. The number of hydrogen-bond acceptors (Lipinski definition) is 3. The maximum atomic E-state index is 5.80. The topological polar surface area (TPSA) is 24.5 Å². The molecular weight excluding hydrogens is 260 g/mol. The van der Waals surface area contributed by atoms with Gasteiger partial charge in [0, 0.05) is 31.8 Å². The molecule has 3 unspecified atom stereocenters. The average Bonchev–Trinajstić information content (AvgIpc) is 3.03. The molecule has 2 heterocycles. The molecule has 2 aliphatic rings. The van der Waals surface area contributed by atoms with E-state index in [4.69, 9.17) is 4.74 Å². The Morgan fingerprint density at radius 3 is 2.86 bits per heavy atom. The molecule has 2 saturated heterocycles. The van der Waals surface area contributed by atoms with E-state index in [1.807, 2.05) is 0 Å². The number of benzene rings is 1. The molecule has 3 rings (SSSR count). The van der Waals surface area contributed by atoms with Crippen LogP contribution in [0, 0.1) is 0 Å². The van der Waals surface area contributed by atoms with Gasteiger partial charge in [-0.1, -0.05) is 30.3 Å². The SMILES string of the molecule is CC(NC1CCCN(Cc2ccccc2)C1)C1CCCO1. The summed E-state index contributed by atoms with van der Waals surface area (Å²) in [7, 11) is 0. The molecule has 1 aromatic rings. The monoisotopic (exact) mass is 288 g/mol. The third-order valence-corrected chi connectivity index (χ3v) is 4.78. The second-order valence-electron chi connectivity index (χ2n) is 6.57. The minimum atomic E-state index is 0.425. The van der Waals surface area contributed by atoms with Crippen molar-refractivity contribution in [1.82, 2.24) is 10.2 Å². The largest absolute Gasteiger partial charge is 0.377 e. The highest BCUT2D eigenvalue weighted by Crippen LogP contribution is 2.18. The van der Waals surface area contributed by atoms with Crippen LogP contribution in [0.5, 0.6) is 0 Å². The van der Waals surface area contributed by atoms with Gasteiger partial charge in [-0.3, -0.25) is 4.90 Å². The summed E-state index contributed by atoms with van der Waals surface area (Å²) in [5.41, 5.74) is 1.42. The fourth-order valence-corrected chi connectivity index (χ4v) is 3.65. The van der Waals surface area contributed by atoms with Gasteiger partial charge in [0.2, 0.25) is 0 Å². The molecule has 1 aromatic carbocycles. The summed E-state index contributed by atoms with van der Waals surface area (Å²) >= 11 is 0. The molecule has 3 nitrogen and oxygen atoms in total. The van der Waals surface area contributed by atoms with Crippen LogP contribution in [0.2, 0.25) is 0 Å². The number of nitrogens with zero attached hydrogens (tertiary/aromatic N) is 1. The summed E-state index contributed by atoms with van der Waals surface area (Å²) in [5, 5.41) is 3.81. The van der Waals surface area contributed by atoms with Crippen molar-refractivity contribution in [2.24, 2.45) is 0 Å². The first-order valence-corrected chi connectivity index (χ1v) is 8.45. The summed E-state index contributed by atoms with van der Waals surface area (Å²) in [6, 6.07) is 11.9. The van der Waals surface area contributed by atoms with Crippen LogP contribution >= 0.6 is 0 Å². The van der Waals surface area contributed by atoms with Crippen molar-refractivity contribution in [3.8, 4) is 0 Å². The van der Waals surface area contributed by atoms with Gasteiger partial charge in [0.25, 0.3) is 0 Å². The molecule has 0 aromatic heterocycles. The van der Waals surface area contributed by atoms with E-state index in [1.165, 1.54) is 37.8 Å². The summed E-state index contributed by atoms with van der Waals surface area (Å²) < 4.78 is 5.80. The highest BCUT2D eigenvalue weighted by atomic mass is 16.5. The predicted octanol–water partition coefficient (Wildman–Crippen LogP) is 2.81. The number of piperidine rings is 1. The van der Waals surface area contributed by atoms with E-state index >= 15 is 0 Å². The molecule has 0 spiro atoms. The Morgan fingerprint density at radius 2 is 2.10 bits per heavy atom. The average molecular weight is 288 g/mol. The van der Waals surface area contributed by atoms with Gasteiger partial charge in [-0.15, -0.1) is 0 Å². The van der Waals surface area contributed by atoms with E-state index in [0.29, 0.717) is 18.2 Å². The van der Waals surface area contributed by atoms with Crippen LogP contribution in [-0.2, 0) is 11.3 Å². The maximum absolute atomic E-state index is 5.80.